The molecular weight excluding hydrogens is 196 g/mol. The van der Waals surface area contributed by atoms with E-state index in [2.05, 4.69) is 38.1 Å². The van der Waals surface area contributed by atoms with Crippen molar-refractivity contribution >= 4 is 0 Å². The molecule has 0 atom stereocenters. The third-order valence-corrected chi connectivity index (χ3v) is 3.17. The van der Waals surface area contributed by atoms with Crippen LogP contribution in [0.3, 0.4) is 0 Å². The Hall–Kier alpha value is -0.980. The van der Waals surface area contributed by atoms with Gasteiger partial charge in [-0.1, -0.05) is 26.0 Å². The van der Waals surface area contributed by atoms with Crippen LogP contribution in [-0.4, -0.2) is 6.10 Å². The second-order valence-corrected chi connectivity index (χ2v) is 5.27. The van der Waals surface area contributed by atoms with Crippen LogP contribution in [0.15, 0.2) is 24.3 Å². The van der Waals surface area contributed by atoms with Crippen molar-refractivity contribution in [2.45, 2.75) is 52.1 Å². The van der Waals surface area contributed by atoms with Crippen LogP contribution in [0.25, 0.3) is 0 Å². The molecular formula is C15H22O. The number of ether oxygens (including phenoxy) is 1. The van der Waals surface area contributed by atoms with Crippen molar-refractivity contribution in [2.75, 3.05) is 0 Å². The van der Waals surface area contributed by atoms with E-state index in [1.54, 1.807) is 0 Å². The van der Waals surface area contributed by atoms with E-state index in [0.29, 0.717) is 6.10 Å². The van der Waals surface area contributed by atoms with E-state index in [1.807, 2.05) is 0 Å². The molecule has 1 heteroatoms. The summed E-state index contributed by atoms with van der Waals surface area (Å²) in [6.07, 6.45) is 6.74. The van der Waals surface area contributed by atoms with Crippen LogP contribution in [0.2, 0.25) is 0 Å². The molecule has 1 saturated carbocycles. The van der Waals surface area contributed by atoms with Crippen LogP contribution in [0.1, 0.15) is 45.1 Å². The van der Waals surface area contributed by atoms with Gasteiger partial charge in [-0.15, -0.1) is 0 Å². The lowest BCUT2D eigenvalue weighted by Crippen LogP contribution is -2.10. The number of hydrogen-bond donors (Lipinski definition) is 0. The summed E-state index contributed by atoms with van der Waals surface area (Å²) in [5, 5.41) is 0. The zero-order chi connectivity index (χ0) is 11.4. The second kappa shape index (κ2) is 5.38. The van der Waals surface area contributed by atoms with E-state index in [4.69, 9.17) is 4.74 Å². The molecule has 0 unspecified atom stereocenters. The maximum atomic E-state index is 5.94. The van der Waals surface area contributed by atoms with Gasteiger partial charge in [0.2, 0.25) is 0 Å². The summed E-state index contributed by atoms with van der Waals surface area (Å²) in [5.74, 6) is 1.76. The molecule has 16 heavy (non-hydrogen) atoms. The Labute approximate surface area is 98.8 Å². The van der Waals surface area contributed by atoms with E-state index in [0.717, 1.165) is 18.1 Å². The van der Waals surface area contributed by atoms with Gasteiger partial charge in [0.1, 0.15) is 5.75 Å². The van der Waals surface area contributed by atoms with Crippen molar-refractivity contribution in [3.63, 3.8) is 0 Å². The number of hydrogen-bond acceptors (Lipinski definition) is 1. The molecule has 0 N–H and O–H groups in total. The van der Waals surface area contributed by atoms with Crippen molar-refractivity contribution in [3.05, 3.63) is 29.8 Å². The smallest absolute Gasteiger partial charge is 0.119 e. The molecule has 1 aliphatic rings. The summed E-state index contributed by atoms with van der Waals surface area (Å²) in [6.45, 7) is 4.51. The molecule has 1 aromatic carbocycles. The van der Waals surface area contributed by atoms with Crippen LogP contribution in [0.5, 0.6) is 5.75 Å². The number of benzene rings is 1. The molecule has 1 aromatic rings. The minimum Gasteiger partial charge on any atom is -0.490 e. The van der Waals surface area contributed by atoms with Crippen molar-refractivity contribution < 1.29 is 4.74 Å². The zero-order valence-corrected chi connectivity index (χ0v) is 10.4. The fourth-order valence-electron chi connectivity index (χ4n) is 2.37. The summed E-state index contributed by atoms with van der Waals surface area (Å²) in [4.78, 5) is 0. The SMILES string of the molecule is CC(C)Cc1ccc(OC2CCCC2)cc1. The largest absolute Gasteiger partial charge is 0.490 e. The predicted molar refractivity (Wildman–Crippen MR) is 67.9 cm³/mol. The van der Waals surface area contributed by atoms with Crippen LogP contribution in [0.4, 0.5) is 0 Å². The van der Waals surface area contributed by atoms with Gasteiger partial charge in [0, 0.05) is 0 Å². The first-order valence-electron chi connectivity index (χ1n) is 6.49. The summed E-state index contributed by atoms with van der Waals surface area (Å²) in [7, 11) is 0. The normalized spacial score (nSPS) is 16.9. The highest BCUT2D eigenvalue weighted by molar-refractivity contribution is 5.27. The molecule has 1 aliphatic carbocycles. The molecule has 0 aliphatic heterocycles. The van der Waals surface area contributed by atoms with Crippen molar-refractivity contribution in [3.8, 4) is 5.75 Å². The Kier molecular flexibility index (Phi) is 3.87. The molecule has 2 rings (SSSR count). The highest BCUT2D eigenvalue weighted by atomic mass is 16.5. The van der Waals surface area contributed by atoms with Crippen molar-refractivity contribution in [1.82, 2.24) is 0 Å². The molecule has 1 nitrogen and oxygen atoms in total. The van der Waals surface area contributed by atoms with Gasteiger partial charge in [0.25, 0.3) is 0 Å². The van der Waals surface area contributed by atoms with E-state index >= 15 is 0 Å². The lowest BCUT2D eigenvalue weighted by Gasteiger charge is -2.13. The molecule has 0 spiro atoms. The summed E-state index contributed by atoms with van der Waals surface area (Å²) in [6, 6.07) is 8.64. The monoisotopic (exact) mass is 218 g/mol. The lowest BCUT2D eigenvalue weighted by atomic mass is 10.0. The summed E-state index contributed by atoms with van der Waals surface area (Å²) < 4.78 is 5.94. The Balaban J connectivity index is 1.90. The van der Waals surface area contributed by atoms with E-state index in [-0.39, 0.29) is 0 Å². The Morgan fingerprint density at radius 2 is 1.75 bits per heavy atom. The van der Waals surface area contributed by atoms with Gasteiger partial charge in [-0.25, -0.2) is 0 Å². The van der Waals surface area contributed by atoms with Crippen LogP contribution < -0.4 is 4.74 Å². The van der Waals surface area contributed by atoms with Gasteiger partial charge in [0.05, 0.1) is 6.10 Å². The first kappa shape index (κ1) is 11.5. The minimum atomic E-state index is 0.468. The van der Waals surface area contributed by atoms with Crippen LogP contribution >= 0.6 is 0 Å². The molecule has 0 aromatic heterocycles. The van der Waals surface area contributed by atoms with Crippen molar-refractivity contribution in [2.24, 2.45) is 5.92 Å². The molecule has 0 amide bonds. The van der Waals surface area contributed by atoms with Crippen LogP contribution in [-0.2, 0) is 6.42 Å². The second-order valence-electron chi connectivity index (χ2n) is 5.27. The highest BCUT2D eigenvalue weighted by Gasteiger charge is 2.16. The molecule has 0 radical (unpaired) electrons. The van der Waals surface area contributed by atoms with E-state index < -0.39 is 0 Å². The minimum absolute atomic E-state index is 0.468. The Morgan fingerprint density at radius 1 is 1.12 bits per heavy atom. The zero-order valence-electron chi connectivity index (χ0n) is 10.4. The van der Waals surface area contributed by atoms with Gasteiger partial charge in [-0.2, -0.15) is 0 Å². The van der Waals surface area contributed by atoms with E-state index in [9.17, 15) is 0 Å². The molecule has 0 heterocycles. The third-order valence-electron chi connectivity index (χ3n) is 3.17. The first-order chi connectivity index (χ1) is 7.74. The maximum Gasteiger partial charge on any atom is 0.119 e. The molecule has 0 bridgehead atoms. The van der Waals surface area contributed by atoms with Gasteiger partial charge < -0.3 is 4.74 Å². The van der Waals surface area contributed by atoms with Gasteiger partial charge >= 0.3 is 0 Å². The first-order valence-corrected chi connectivity index (χ1v) is 6.49. The van der Waals surface area contributed by atoms with E-state index in [1.165, 1.54) is 31.2 Å². The maximum absolute atomic E-state index is 5.94. The standard InChI is InChI=1S/C15H22O/c1-12(2)11-13-7-9-15(10-8-13)16-14-5-3-4-6-14/h7-10,12,14H,3-6,11H2,1-2H3. The fraction of sp³-hybridized carbons (Fsp3) is 0.600. The average molecular weight is 218 g/mol. The topological polar surface area (TPSA) is 9.23 Å². The summed E-state index contributed by atoms with van der Waals surface area (Å²) in [5.41, 5.74) is 1.41. The molecule has 0 saturated heterocycles. The molecule has 1 fully saturated rings. The van der Waals surface area contributed by atoms with Crippen molar-refractivity contribution in [1.29, 1.82) is 0 Å². The predicted octanol–water partition coefficient (Wildman–Crippen LogP) is 4.21. The van der Waals surface area contributed by atoms with Gasteiger partial charge in [-0.05, 0) is 55.7 Å². The highest BCUT2D eigenvalue weighted by Crippen LogP contribution is 2.24. The lowest BCUT2D eigenvalue weighted by molar-refractivity contribution is 0.210. The molecule has 88 valence electrons. The third kappa shape index (κ3) is 3.26. The Bertz CT molecular complexity index is 307. The van der Waals surface area contributed by atoms with Crippen LogP contribution in [0, 0.1) is 5.92 Å². The Morgan fingerprint density at radius 3 is 2.31 bits per heavy atom. The number of rotatable bonds is 4. The fourth-order valence-corrected chi connectivity index (χ4v) is 2.37. The van der Waals surface area contributed by atoms with Gasteiger partial charge in [0.15, 0.2) is 0 Å². The quantitative estimate of drug-likeness (QED) is 0.735. The summed E-state index contributed by atoms with van der Waals surface area (Å²) >= 11 is 0. The van der Waals surface area contributed by atoms with Gasteiger partial charge in [-0.3, -0.25) is 0 Å². The average Bonchev–Trinajstić information content (AvgIpc) is 2.73.